The molecule has 4 aromatic rings. The van der Waals surface area contributed by atoms with E-state index in [0.717, 1.165) is 17.0 Å². The van der Waals surface area contributed by atoms with Crippen molar-refractivity contribution in [3.05, 3.63) is 95.4 Å². The molecule has 0 aliphatic carbocycles. The number of carbonyl (C=O) groups is 1. The molecule has 2 aromatic heterocycles. The Balaban J connectivity index is 1.70. The topological polar surface area (TPSA) is 69.0 Å². The average molecular weight is 419 g/mol. The lowest BCUT2D eigenvalue weighted by molar-refractivity contribution is 0.0942. The molecule has 0 bridgehead atoms. The summed E-state index contributed by atoms with van der Waals surface area (Å²) in [7, 11) is 1.62. The third-order valence-electron chi connectivity index (χ3n) is 4.56. The van der Waals surface area contributed by atoms with Gasteiger partial charge in [0.1, 0.15) is 11.4 Å². The largest absolute Gasteiger partial charge is 0.497 e. The minimum atomic E-state index is -0.271. The lowest BCUT2D eigenvalue weighted by Gasteiger charge is -2.09. The molecule has 0 spiro atoms. The van der Waals surface area contributed by atoms with Gasteiger partial charge < -0.3 is 10.1 Å². The van der Waals surface area contributed by atoms with Crippen LogP contribution < -0.4 is 10.1 Å². The lowest BCUT2D eigenvalue weighted by Crippen LogP contribution is -2.25. The molecule has 0 aliphatic rings. The van der Waals surface area contributed by atoms with Gasteiger partial charge in [-0.05, 0) is 54.6 Å². The smallest absolute Gasteiger partial charge is 0.270 e. The van der Waals surface area contributed by atoms with E-state index in [2.05, 4.69) is 15.4 Å². The van der Waals surface area contributed by atoms with Gasteiger partial charge in [-0.25, -0.2) is 4.68 Å². The van der Waals surface area contributed by atoms with Gasteiger partial charge in [0.15, 0.2) is 0 Å². The van der Waals surface area contributed by atoms with Gasteiger partial charge in [-0.1, -0.05) is 29.8 Å². The van der Waals surface area contributed by atoms with E-state index in [1.807, 2.05) is 60.7 Å². The van der Waals surface area contributed by atoms with Crippen molar-refractivity contribution in [2.24, 2.45) is 0 Å². The quantitative estimate of drug-likeness (QED) is 0.499. The second kappa shape index (κ2) is 8.80. The zero-order valence-corrected chi connectivity index (χ0v) is 17.0. The molecule has 6 nitrogen and oxygen atoms in total. The molecule has 0 aliphatic heterocycles. The first-order valence-electron chi connectivity index (χ1n) is 9.33. The van der Waals surface area contributed by atoms with Crippen LogP contribution in [0.3, 0.4) is 0 Å². The van der Waals surface area contributed by atoms with Crippen LogP contribution in [0.25, 0.3) is 16.9 Å². The molecule has 0 radical (unpaired) electrons. The molecule has 2 aromatic carbocycles. The summed E-state index contributed by atoms with van der Waals surface area (Å²) in [6.45, 7) is 0.311. The number of pyridine rings is 1. The van der Waals surface area contributed by atoms with Gasteiger partial charge in [-0.2, -0.15) is 5.10 Å². The van der Waals surface area contributed by atoms with Gasteiger partial charge in [-0.3, -0.25) is 9.78 Å². The van der Waals surface area contributed by atoms with Gasteiger partial charge in [0.05, 0.1) is 35.8 Å². The molecule has 0 saturated carbocycles. The van der Waals surface area contributed by atoms with Gasteiger partial charge in [0.2, 0.25) is 0 Å². The number of para-hydroxylation sites is 1. The van der Waals surface area contributed by atoms with Gasteiger partial charge in [0, 0.05) is 11.8 Å². The monoisotopic (exact) mass is 418 g/mol. The average Bonchev–Trinajstić information content (AvgIpc) is 3.24. The Morgan fingerprint density at radius 2 is 1.83 bits per heavy atom. The normalized spacial score (nSPS) is 10.6. The van der Waals surface area contributed by atoms with E-state index in [1.54, 1.807) is 30.1 Å². The Kier molecular flexibility index (Phi) is 5.77. The first-order chi connectivity index (χ1) is 14.7. The van der Waals surface area contributed by atoms with E-state index < -0.39 is 0 Å². The fourth-order valence-corrected chi connectivity index (χ4v) is 3.23. The number of aromatic nitrogens is 3. The highest BCUT2D eigenvalue weighted by molar-refractivity contribution is 6.32. The van der Waals surface area contributed by atoms with Crippen LogP contribution in [0.15, 0.2) is 79.0 Å². The number of benzene rings is 2. The van der Waals surface area contributed by atoms with Crippen LogP contribution in [-0.4, -0.2) is 27.8 Å². The number of hydrogen-bond donors (Lipinski definition) is 1. The standard InChI is InChI=1S/C23H19ClN4O2/c1-30-18-11-9-16(10-12-18)20-14-22(23(29)26-15-17-6-4-5-13-25-17)28(27-20)21-8-3-2-7-19(21)24/h2-14H,15H2,1H3,(H,26,29). The van der Waals surface area contributed by atoms with Gasteiger partial charge in [0.25, 0.3) is 5.91 Å². The maximum absolute atomic E-state index is 13.0. The summed E-state index contributed by atoms with van der Waals surface area (Å²) in [4.78, 5) is 17.2. The van der Waals surface area contributed by atoms with Crippen molar-refractivity contribution >= 4 is 17.5 Å². The molecule has 1 amide bonds. The predicted molar refractivity (Wildman–Crippen MR) is 116 cm³/mol. The zero-order chi connectivity index (χ0) is 20.9. The fraction of sp³-hybridized carbons (Fsp3) is 0.0870. The van der Waals surface area contributed by atoms with E-state index in [0.29, 0.717) is 28.6 Å². The first-order valence-corrected chi connectivity index (χ1v) is 9.71. The van der Waals surface area contributed by atoms with Crippen molar-refractivity contribution in [3.8, 4) is 22.7 Å². The number of hydrogen-bond acceptors (Lipinski definition) is 4. The van der Waals surface area contributed by atoms with Crippen LogP contribution in [0.2, 0.25) is 5.02 Å². The summed E-state index contributed by atoms with van der Waals surface area (Å²) >= 11 is 6.38. The SMILES string of the molecule is COc1ccc(-c2cc(C(=O)NCc3ccccn3)n(-c3ccccc3Cl)n2)cc1. The summed E-state index contributed by atoms with van der Waals surface area (Å²) < 4.78 is 6.78. The van der Waals surface area contributed by atoms with E-state index in [-0.39, 0.29) is 5.91 Å². The van der Waals surface area contributed by atoms with E-state index in [9.17, 15) is 4.79 Å². The van der Waals surface area contributed by atoms with Crippen LogP contribution in [0.1, 0.15) is 16.2 Å². The molecular weight excluding hydrogens is 400 g/mol. The number of rotatable bonds is 6. The fourth-order valence-electron chi connectivity index (χ4n) is 3.02. The number of halogens is 1. The van der Waals surface area contributed by atoms with Crippen LogP contribution in [0, 0.1) is 0 Å². The Labute approximate surface area is 179 Å². The van der Waals surface area contributed by atoms with E-state index >= 15 is 0 Å². The van der Waals surface area contributed by atoms with Crippen molar-refractivity contribution in [1.82, 2.24) is 20.1 Å². The summed E-state index contributed by atoms with van der Waals surface area (Å²) in [5, 5.41) is 8.06. The summed E-state index contributed by atoms with van der Waals surface area (Å²) in [6.07, 6.45) is 1.69. The lowest BCUT2D eigenvalue weighted by atomic mass is 10.1. The molecule has 1 N–H and O–H groups in total. The number of amides is 1. The Bertz CT molecular complexity index is 1160. The minimum Gasteiger partial charge on any atom is -0.497 e. The molecular formula is C23H19ClN4O2. The van der Waals surface area contributed by atoms with E-state index in [1.165, 1.54) is 0 Å². The van der Waals surface area contributed by atoms with Crippen LogP contribution in [0.4, 0.5) is 0 Å². The highest BCUT2D eigenvalue weighted by Crippen LogP contribution is 2.26. The van der Waals surface area contributed by atoms with Gasteiger partial charge >= 0.3 is 0 Å². The molecule has 30 heavy (non-hydrogen) atoms. The number of nitrogens with zero attached hydrogens (tertiary/aromatic N) is 3. The molecule has 0 fully saturated rings. The van der Waals surface area contributed by atoms with Crippen LogP contribution >= 0.6 is 11.6 Å². The number of ether oxygens (including phenoxy) is 1. The van der Waals surface area contributed by atoms with E-state index in [4.69, 9.17) is 16.3 Å². The zero-order valence-electron chi connectivity index (χ0n) is 16.2. The summed E-state index contributed by atoms with van der Waals surface area (Å²) in [6, 6.07) is 22.1. The second-order valence-corrected chi connectivity index (χ2v) is 6.92. The maximum Gasteiger partial charge on any atom is 0.270 e. The van der Waals surface area contributed by atoms with Crippen molar-refractivity contribution in [1.29, 1.82) is 0 Å². The molecule has 150 valence electrons. The minimum absolute atomic E-state index is 0.271. The van der Waals surface area contributed by atoms with Gasteiger partial charge in [-0.15, -0.1) is 0 Å². The number of methoxy groups -OCH3 is 1. The first kappa shape index (κ1) is 19.7. The highest BCUT2D eigenvalue weighted by atomic mass is 35.5. The molecule has 2 heterocycles. The van der Waals surface area contributed by atoms with Crippen LogP contribution in [-0.2, 0) is 6.54 Å². The van der Waals surface area contributed by atoms with Crippen molar-refractivity contribution in [3.63, 3.8) is 0 Å². The van der Waals surface area contributed by atoms with Crippen molar-refractivity contribution < 1.29 is 9.53 Å². The van der Waals surface area contributed by atoms with Crippen LogP contribution in [0.5, 0.6) is 5.75 Å². The maximum atomic E-state index is 13.0. The molecule has 0 atom stereocenters. The Hall–Kier alpha value is -3.64. The molecule has 0 unspecified atom stereocenters. The molecule has 4 rings (SSSR count). The van der Waals surface area contributed by atoms with Crippen molar-refractivity contribution in [2.45, 2.75) is 6.54 Å². The summed E-state index contributed by atoms with van der Waals surface area (Å²) in [5.41, 5.74) is 3.29. The third kappa shape index (κ3) is 4.18. The molecule has 7 heteroatoms. The molecule has 0 saturated heterocycles. The second-order valence-electron chi connectivity index (χ2n) is 6.51. The van der Waals surface area contributed by atoms with Crippen molar-refractivity contribution in [2.75, 3.05) is 7.11 Å². The highest BCUT2D eigenvalue weighted by Gasteiger charge is 2.19. The number of nitrogens with one attached hydrogen (secondary N) is 1. The third-order valence-corrected chi connectivity index (χ3v) is 4.88. The Morgan fingerprint density at radius 3 is 2.53 bits per heavy atom. The predicted octanol–water partition coefficient (Wildman–Crippen LogP) is 4.53. The number of carbonyl (C=O) groups excluding carboxylic acids is 1. The summed E-state index contributed by atoms with van der Waals surface area (Å²) in [5.74, 6) is 0.477. The Morgan fingerprint density at radius 1 is 1.07 bits per heavy atom.